The molecule has 1 saturated heterocycles. The highest BCUT2D eigenvalue weighted by Gasteiger charge is 2.57. The van der Waals surface area contributed by atoms with Gasteiger partial charge in [-0.2, -0.15) is 0 Å². The Morgan fingerprint density at radius 2 is 1.72 bits per heavy atom. The van der Waals surface area contributed by atoms with Crippen molar-refractivity contribution in [3.05, 3.63) is 59.8 Å². The number of pyridine rings is 1. The summed E-state index contributed by atoms with van der Waals surface area (Å²) in [5.41, 5.74) is 2.73. The number of hydrogen-bond acceptors (Lipinski definition) is 4. The van der Waals surface area contributed by atoms with Gasteiger partial charge in [0.1, 0.15) is 5.82 Å². The first-order chi connectivity index (χ1) is 17.4. The molecule has 2 atom stereocenters. The van der Waals surface area contributed by atoms with Crippen LogP contribution in [0.4, 0.5) is 10.6 Å². The molecule has 7 nitrogen and oxygen atoms in total. The molecule has 2 heterocycles. The van der Waals surface area contributed by atoms with E-state index in [0.717, 1.165) is 24.2 Å². The van der Waals surface area contributed by atoms with Crippen LogP contribution >= 0.6 is 0 Å². The number of hydrogen-bond donors (Lipinski definition) is 3. The van der Waals surface area contributed by atoms with Gasteiger partial charge in [0.2, 0.25) is 0 Å². The van der Waals surface area contributed by atoms with Crippen LogP contribution in [0, 0.1) is 17.3 Å². The summed E-state index contributed by atoms with van der Waals surface area (Å²) in [5.74, 6) is 2.34. The summed E-state index contributed by atoms with van der Waals surface area (Å²) in [6.45, 7) is 1.85. The molecule has 2 unspecified atom stereocenters. The van der Waals surface area contributed by atoms with E-state index < -0.39 is 6.09 Å². The molecule has 7 heteroatoms. The number of likely N-dealkylation sites (tertiary alicyclic amines) is 1. The monoisotopic (exact) mass is 488 g/mol. The molecule has 0 radical (unpaired) electrons. The van der Waals surface area contributed by atoms with Gasteiger partial charge < -0.3 is 20.6 Å². The second-order valence-electron chi connectivity index (χ2n) is 11.9. The second kappa shape index (κ2) is 9.09. The van der Waals surface area contributed by atoms with Crippen LogP contribution in [0.5, 0.6) is 0 Å². The lowest BCUT2D eigenvalue weighted by Gasteiger charge is -2.62. The van der Waals surface area contributed by atoms with Gasteiger partial charge in [-0.25, -0.2) is 9.78 Å². The van der Waals surface area contributed by atoms with Crippen LogP contribution < -0.4 is 10.6 Å². The number of nitrogens with one attached hydrogen (secondary N) is 2. The van der Waals surface area contributed by atoms with Crippen molar-refractivity contribution in [2.45, 2.75) is 62.8 Å². The zero-order valence-corrected chi connectivity index (χ0v) is 20.8. The van der Waals surface area contributed by atoms with Crippen LogP contribution in [0.25, 0.3) is 0 Å². The highest BCUT2D eigenvalue weighted by atomic mass is 16.4. The van der Waals surface area contributed by atoms with Gasteiger partial charge in [-0.05, 0) is 91.7 Å². The Morgan fingerprint density at radius 1 is 1.00 bits per heavy atom. The minimum absolute atomic E-state index is 0.000999. The molecule has 5 aliphatic rings. The maximum Gasteiger partial charge on any atom is 0.407 e. The van der Waals surface area contributed by atoms with Crippen LogP contribution in [-0.2, 0) is 5.41 Å². The van der Waals surface area contributed by atoms with E-state index in [4.69, 9.17) is 5.11 Å². The van der Waals surface area contributed by atoms with E-state index in [2.05, 4.69) is 45.9 Å². The van der Waals surface area contributed by atoms with Gasteiger partial charge >= 0.3 is 6.09 Å². The van der Waals surface area contributed by atoms with Crippen molar-refractivity contribution in [1.29, 1.82) is 0 Å². The summed E-state index contributed by atoms with van der Waals surface area (Å²) < 4.78 is 0. The number of anilines is 1. The van der Waals surface area contributed by atoms with E-state index in [-0.39, 0.29) is 11.9 Å². The normalized spacial score (nSPS) is 31.3. The maximum atomic E-state index is 12.7. The highest BCUT2D eigenvalue weighted by Crippen LogP contribution is 2.65. The Morgan fingerprint density at radius 3 is 2.36 bits per heavy atom. The molecule has 7 rings (SSSR count). The number of benzene rings is 1. The third-order valence-corrected chi connectivity index (χ3v) is 9.34. The average Bonchev–Trinajstić information content (AvgIpc) is 2.88. The molecular weight excluding hydrogens is 452 g/mol. The first-order valence-corrected chi connectivity index (χ1v) is 13.5. The predicted molar refractivity (Wildman–Crippen MR) is 138 cm³/mol. The van der Waals surface area contributed by atoms with Crippen molar-refractivity contribution < 1.29 is 14.7 Å². The van der Waals surface area contributed by atoms with E-state index >= 15 is 0 Å². The SMILES string of the molecule is O=C(NC1CCN(C(=O)O)CC1)c1ccc(NCC23CC4CC(C2)CC(c2ccccc2)(C4)C3)nc1. The molecule has 1 aromatic carbocycles. The predicted octanol–water partition coefficient (Wildman–Crippen LogP) is 4.90. The molecule has 2 aromatic rings. The Hall–Kier alpha value is -3.09. The number of carbonyl (C=O) groups is 2. The van der Waals surface area contributed by atoms with Crippen LogP contribution in [0.1, 0.15) is 67.3 Å². The summed E-state index contributed by atoms with van der Waals surface area (Å²) in [5, 5.41) is 15.8. The highest BCUT2D eigenvalue weighted by molar-refractivity contribution is 5.94. The molecule has 1 aromatic heterocycles. The summed E-state index contributed by atoms with van der Waals surface area (Å²) in [6, 6.07) is 14.9. The standard InChI is InChI=1S/C29H36N4O3/c34-26(32-24-8-10-33(11-9-24)27(35)36)22-6-7-25(30-17-22)31-19-28-13-20-12-21(14-28)16-29(15-20,18-28)23-4-2-1-3-5-23/h1-7,17,20-21,24H,8-16,18-19H2,(H,30,31)(H,32,34)(H,35,36). The van der Waals surface area contributed by atoms with Gasteiger partial charge in [0.05, 0.1) is 5.56 Å². The number of aromatic nitrogens is 1. The molecule has 2 amide bonds. The van der Waals surface area contributed by atoms with Gasteiger partial charge in [-0.3, -0.25) is 4.79 Å². The molecule has 1 aliphatic heterocycles. The van der Waals surface area contributed by atoms with E-state index in [1.165, 1.54) is 49.0 Å². The van der Waals surface area contributed by atoms with Gasteiger partial charge in [-0.1, -0.05) is 30.3 Å². The number of rotatable bonds is 6. The van der Waals surface area contributed by atoms with Crippen molar-refractivity contribution >= 4 is 17.8 Å². The van der Waals surface area contributed by atoms with Crippen molar-refractivity contribution in [1.82, 2.24) is 15.2 Å². The fraction of sp³-hybridized carbons (Fsp3) is 0.552. The molecule has 4 aliphatic carbocycles. The van der Waals surface area contributed by atoms with Gasteiger partial charge in [0.15, 0.2) is 0 Å². The fourth-order valence-electron chi connectivity index (χ4n) is 8.18. The average molecular weight is 489 g/mol. The first-order valence-electron chi connectivity index (χ1n) is 13.5. The Labute approximate surface area is 212 Å². The van der Waals surface area contributed by atoms with E-state index in [1.807, 2.05) is 12.1 Å². The quantitative estimate of drug-likeness (QED) is 0.537. The topological polar surface area (TPSA) is 94.6 Å². The Bertz CT molecular complexity index is 1100. The molecule has 4 bridgehead atoms. The summed E-state index contributed by atoms with van der Waals surface area (Å²) >= 11 is 0. The van der Waals surface area contributed by atoms with Crippen molar-refractivity contribution in [2.24, 2.45) is 17.3 Å². The lowest BCUT2D eigenvalue weighted by Crippen LogP contribution is -2.56. The lowest BCUT2D eigenvalue weighted by molar-refractivity contribution is -0.0645. The molecular formula is C29H36N4O3. The summed E-state index contributed by atoms with van der Waals surface area (Å²) in [7, 11) is 0. The molecule has 0 spiro atoms. The Kier molecular flexibility index (Phi) is 5.89. The summed E-state index contributed by atoms with van der Waals surface area (Å²) in [6.07, 6.45) is 9.99. The second-order valence-corrected chi connectivity index (χ2v) is 11.9. The van der Waals surface area contributed by atoms with Crippen LogP contribution in [-0.4, -0.2) is 52.7 Å². The van der Waals surface area contributed by atoms with Gasteiger partial charge in [0, 0.05) is 31.9 Å². The minimum atomic E-state index is -0.893. The van der Waals surface area contributed by atoms with E-state index in [0.29, 0.717) is 42.3 Å². The van der Waals surface area contributed by atoms with Gasteiger partial charge in [-0.15, -0.1) is 0 Å². The smallest absolute Gasteiger partial charge is 0.407 e. The minimum Gasteiger partial charge on any atom is -0.465 e. The van der Waals surface area contributed by atoms with E-state index in [1.54, 1.807) is 6.20 Å². The van der Waals surface area contributed by atoms with E-state index in [9.17, 15) is 9.59 Å². The molecule has 3 N–H and O–H groups in total. The Balaban J connectivity index is 1.07. The number of carboxylic acid groups (broad SMARTS) is 1. The number of piperidine rings is 1. The van der Waals surface area contributed by atoms with Crippen molar-refractivity contribution in [3.8, 4) is 0 Å². The lowest BCUT2D eigenvalue weighted by atomic mass is 9.43. The number of amides is 2. The third kappa shape index (κ3) is 4.44. The molecule has 5 fully saturated rings. The zero-order valence-electron chi connectivity index (χ0n) is 20.8. The fourth-order valence-corrected chi connectivity index (χ4v) is 8.18. The zero-order chi connectivity index (χ0) is 24.8. The third-order valence-electron chi connectivity index (χ3n) is 9.34. The first kappa shape index (κ1) is 23.3. The molecule has 36 heavy (non-hydrogen) atoms. The van der Waals surface area contributed by atoms with Gasteiger partial charge in [0.25, 0.3) is 5.91 Å². The number of nitrogens with zero attached hydrogens (tertiary/aromatic N) is 2. The number of carbonyl (C=O) groups excluding carboxylic acids is 1. The van der Waals surface area contributed by atoms with Crippen LogP contribution in [0.2, 0.25) is 0 Å². The van der Waals surface area contributed by atoms with Crippen molar-refractivity contribution in [3.63, 3.8) is 0 Å². The van der Waals surface area contributed by atoms with Crippen LogP contribution in [0.15, 0.2) is 48.7 Å². The largest absolute Gasteiger partial charge is 0.465 e. The molecule has 4 saturated carbocycles. The summed E-state index contributed by atoms with van der Waals surface area (Å²) in [4.78, 5) is 29.7. The molecule has 190 valence electrons. The van der Waals surface area contributed by atoms with Crippen molar-refractivity contribution in [2.75, 3.05) is 25.0 Å². The maximum absolute atomic E-state index is 12.7. The van der Waals surface area contributed by atoms with Crippen LogP contribution in [0.3, 0.4) is 0 Å².